The van der Waals surface area contributed by atoms with Crippen molar-refractivity contribution < 1.29 is 13.2 Å². The number of hydrogen-bond acceptors (Lipinski definition) is 7. The van der Waals surface area contributed by atoms with Gasteiger partial charge in [-0.3, -0.25) is 4.79 Å². The Morgan fingerprint density at radius 3 is 2.33 bits per heavy atom. The fraction of sp³-hybridized carbons (Fsp3) is 0.0833. The molecule has 5 N–H and O–H groups in total. The van der Waals surface area contributed by atoms with E-state index in [4.69, 9.17) is 11.5 Å². The second kappa shape index (κ2) is 5.37. The molecule has 1 aromatic carbocycles. The van der Waals surface area contributed by atoms with E-state index >= 15 is 0 Å². The van der Waals surface area contributed by atoms with Crippen molar-refractivity contribution >= 4 is 33.2 Å². The number of nitrogen functional groups attached to an aromatic ring is 2. The summed E-state index contributed by atoms with van der Waals surface area (Å²) in [7, 11) is -3.85. The quantitative estimate of drug-likeness (QED) is 0.746. The number of sulfone groups is 1. The standard InChI is InChI=1S/C12H13N5O3S/c1-7(18)16-8-2-4-9(5-3-8)21(19,20)10-6-15-12(14)17-11(10)13/h2-6H,1H3,(H,16,18)(H4,13,14,15,17). The van der Waals surface area contributed by atoms with Crippen molar-refractivity contribution in [1.82, 2.24) is 9.97 Å². The van der Waals surface area contributed by atoms with Gasteiger partial charge in [0.1, 0.15) is 10.7 Å². The van der Waals surface area contributed by atoms with E-state index in [0.717, 1.165) is 6.20 Å². The van der Waals surface area contributed by atoms with Crippen molar-refractivity contribution in [3.05, 3.63) is 30.5 Å². The summed E-state index contributed by atoms with van der Waals surface area (Å²) in [5.74, 6) is -0.567. The minimum absolute atomic E-state index is 0.0108. The number of amides is 1. The average molecular weight is 307 g/mol. The van der Waals surface area contributed by atoms with Crippen LogP contribution in [0.15, 0.2) is 40.3 Å². The molecule has 0 aliphatic carbocycles. The van der Waals surface area contributed by atoms with Crippen LogP contribution in [-0.2, 0) is 14.6 Å². The molecule has 0 saturated carbocycles. The van der Waals surface area contributed by atoms with E-state index in [-0.39, 0.29) is 27.5 Å². The maximum absolute atomic E-state index is 12.4. The molecule has 21 heavy (non-hydrogen) atoms. The SMILES string of the molecule is CC(=O)Nc1ccc(S(=O)(=O)c2cnc(N)nc2N)cc1. The van der Waals surface area contributed by atoms with Gasteiger partial charge >= 0.3 is 0 Å². The molecule has 0 spiro atoms. The van der Waals surface area contributed by atoms with Crippen molar-refractivity contribution in [2.45, 2.75) is 16.7 Å². The monoisotopic (exact) mass is 307 g/mol. The minimum Gasteiger partial charge on any atom is -0.382 e. The summed E-state index contributed by atoms with van der Waals surface area (Å²) in [5, 5.41) is 2.54. The Labute approximate surface area is 121 Å². The number of nitrogens with one attached hydrogen (secondary N) is 1. The summed E-state index contributed by atoms with van der Waals surface area (Å²) in [6.45, 7) is 1.36. The highest BCUT2D eigenvalue weighted by atomic mass is 32.2. The summed E-state index contributed by atoms with van der Waals surface area (Å²) in [6, 6.07) is 5.66. The third-order valence-corrected chi connectivity index (χ3v) is 4.36. The normalized spacial score (nSPS) is 11.1. The van der Waals surface area contributed by atoms with Crippen LogP contribution in [0.1, 0.15) is 6.92 Å². The molecule has 0 radical (unpaired) electrons. The largest absolute Gasteiger partial charge is 0.382 e. The number of carbonyl (C=O) groups is 1. The second-order valence-electron chi connectivity index (χ2n) is 4.19. The first-order valence-electron chi connectivity index (χ1n) is 5.81. The zero-order valence-corrected chi connectivity index (χ0v) is 11.9. The molecule has 0 fully saturated rings. The summed E-state index contributed by atoms with van der Waals surface area (Å²) in [6.07, 6.45) is 1.06. The number of carbonyl (C=O) groups excluding carboxylic acids is 1. The Balaban J connectivity index is 2.42. The van der Waals surface area contributed by atoms with Crippen molar-refractivity contribution in [1.29, 1.82) is 0 Å². The molecule has 2 aromatic rings. The maximum atomic E-state index is 12.4. The summed E-state index contributed by atoms with van der Waals surface area (Å²) >= 11 is 0. The van der Waals surface area contributed by atoms with E-state index in [0.29, 0.717) is 5.69 Å². The number of nitrogens with two attached hydrogens (primary N) is 2. The fourth-order valence-electron chi connectivity index (χ4n) is 1.65. The van der Waals surface area contributed by atoms with Crippen LogP contribution in [0.3, 0.4) is 0 Å². The zero-order chi connectivity index (χ0) is 15.6. The number of nitrogens with zero attached hydrogens (tertiary/aromatic N) is 2. The predicted molar refractivity (Wildman–Crippen MR) is 77.1 cm³/mol. The van der Waals surface area contributed by atoms with Gasteiger partial charge in [0, 0.05) is 12.6 Å². The van der Waals surface area contributed by atoms with Gasteiger partial charge in [-0.2, -0.15) is 4.98 Å². The number of aromatic nitrogens is 2. The zero-order valence-electron chi connectivity index (χ0n) is 11.1. The van der Waals surface area contributed by atoms with Crippen LogP contribution in [0.4, 0.5) is 17.5 Å². The first-order valence-corrected chi connectivity index (χ1v) is 7.30. The van der Waals surface area contributed by atoms with Crippen molar-refractivity contribution in [2.75, 3.05) is 16.8 Å². The summed E-state index contributed by atoms with van der Waals surface area (Å²) in [4.78, 5) is 18.0. The Hall–Kier alpha value is -2.68. The van der Waals surface area contributed by atoms with Crippen LogP contribution in [0.2, 0.25) is 0 Å². The van der Waals surface area contributed by atoms with Crippen LogP contribution in [0.5, 0.6) is 0 Å². The lowest BCUT2D eigenvalue weighted by Crippen LogP contribution is -2.10. The lowest BCUT2D eigenvalue weighted by atomic mass is 10.3. The molecule has 8 nitrogen and oxygen atoms in total. The fourth-order valence-corrected chi connectivity index (χ4v) is 2.91. The first-order chi connectivity index (χ1) is 9.80. The molecule has 0 saturated heterocycles. The van der Waals surface area contributed by atoms with Gasteiger partial charge in [0.05, 0.1) is 11.1 Å². The van der Waals surface area contributed by atoms with E-state index < -0.39 is 9.84 Å². The lowest BCUT2D eigenvalue weighted by Gasteiger charge is -2.08. The van der Waals surface area contributed by atoms with E-state index in [9.17, 15) is 13.2 Å². The first kappa shape index (κ1) is 14.7. The third-order valence-electron chi connectivity index (χ3n) is 2.58. The third kappa shape index (κ3) is 3.08. The average Bonchev–Trinajstić information content (AvgIpc) is 2.38. The Bertz CT molecular complexity index is 787. The molecule has 0 aliphatic rings. The maximum Gasteiger partial charge on any atom is 0.221 e. The number of hydrogen-bond donors (Lipinski definition) is 3. The van der Waals surface area contributed by atoms with Crippen molar-refractivity contribution in [3.8, 4) is 0 Å². The van der Waals surface area contributed by atoms with E-state index in [1.807, 2.05) is 0 Å². The Morgan fingerprint density at radius 1 is 1.19 bits per heavy atom. The molecule has 2 rings (SSSR count). The highest BCUT2D eigenvalue weighted by Gasteiger charge is 2.22. The van der Waals surface area contributed by atoms with E-state index in [1.54, 1.807) is 0 Å². The molecule has 9 heteroatoms. The number of rotatable bonds is 3. The van der Waals surface area contributed by atoms with Crippen LogP contribution in [0.25, 0.3) is 0 Å². The Morgan fingerprint density at radius 2 is 1.81 bits per heavy atom. The van der Waals surface area contributed by atoms with Gasteiger partial charge in [-0.1, -0.05) is 0 Å². The van der Waals surface area contributed by atoms with Crippen LogP contribution < -0.4 is 16.8 Å². The molecule has 0 unspecified atom stereocenters. The lowest BCUT2D eigenvalue weighted by molar-refractivity contribution is -0.114. The van der Waals surface area contributed by atoms with Gasteiger partial charge in [-0.05, 0) is 24.3 Å². The van der Waals surface area contributed by atoms with Gasteiger partial charge < -0.3 is 16.8 Å². The molecule has 1 aromatic heterocycles. The van der Waals surface area contributed by atoms with Crippen LogP contribution >= 0.6 is 0 Å². The summed E-state index contributed by atoms with van der Waals surface area (Å²) < 4.78 is 24.8. The van der Waals surface area contributed by atoms with Gasteiger partial charge in [-0.25, -0.2) is 13.4 Å². The molecular weight excluding hydrogens is 294 g/mol. The van der Waals surface area contributed by atoms with E-state index in [1.165, 1.54) is 31.2 Å². The van der Waals surface area contributed by atoms with Crippen LogP contribution in [0, 0.1) is 0 Å². The number of benzene rings is 1. The van der Waals surface area contributed by atoms with Gasteiger partial charge in [0.2, 0.25) is 21.7 Å². The highest BCUT2D eigenvalue weighted by molar-refractivity contribution is 7.91. The molecular formula is C12H13N5O3S. The molecule has 1 heterocycles. The minimum atomic E-state index is -3.85. The van der Waals surface area contributed by atoms with Crippen molar-refractivity contribution in [2.24, 2.45) is 0 Å². The molecule has 0 bridgehead atoms. The smallest absolute Gasteiger partial charge is 0.221 e. The molecule has 1 amide bonds. The van der Waals surface area contributed by atoms with Gasteiger partial charge in [0.25, 0.3) is 0 Å². The van der Waals surface area contributed by atoms with Gasteiger partial charge in [0.15, 0.2) is 0 Å². The van der Waals surface area contributed by atoms with E-state index in [2.05, 4.69) is 15.3 Å². The molecule has 0 atom stereocenters. The predicted octanol–water partition coefficient (Wildman–Crippen LogP) is 0.432. The summed E-state index contributed by atoms with van der Waals surface area (Å²) in [5.41, 5.74) is 11.4. The Kier molecular flexibility index (Phi) is 3.76. The van der Waals surface area contributed by atoms with Gasteiger partial charge in [-0.15, -0.1) is 0 Å². The van der Waals surface area contributed by atoms with Crippen LogP contribution in [-0.4, -0.2) is 24.3 Å². The topological polar surface area (TPSA) is 141 Å². The van der Waals surface area contributed by atoms with Crippen molar-refractivity contribution in [3.63, 3.8) is 0 Å². The number of anilines is 3. The molecule has 0 aliphatic heterocycles. The highest BCUT2D eigenvalue weighted by Crippen LogP contribution is 2.25. The molecule has 110 valence electrons. The second-order valence-corrected chi connectivity index (χ2v) is 6.10.